The van der Waals surface area contributed by atoms with Gasteiger partial charge in [-0.25, -0.2) is 9.97 Å². The van der Waals surface area contributed by atoms with Gasteiger partial charge in [-0.1, -0.05) is 24.3 Å². The lowest BCUT2D eigenvalue weighted by molar-refractivity contribution is 0.305. The van der Waals surface area contributed by atoms with Crippen LogP contribution >= 0.6 is 11.3 Å². The summed E-state index contributed by atoms with van der Waals surface area (Å²) in [4.78, 5) is 16.2. The molecule has 35 heavy (non-hydrogen) atoms. The van der Waals surface area contributed by atoms with Gasteiger partial charge in [0.05, 0.1) is 16.6 Å². The van der Waals surface area contributed by atoms with Crippen LogP contribution in [0.3, 0.4) is 0 Å². The van der Waals surface area contributed by atoms with Gasteiger partial charge < -0.3 is 14.7 Å². The van der Waals surface area contributed by atoms with E-state index in [-0.39, 0.29) is 0 Å². The van der Waals surface area contributed by atoms with Crippen molar-refractivity contribution in [1.82, 2.24) is 19.9 Å². The van der Waals surface area contributed by atoms with Gasteiger partial charge in [0.15, 0.2) is 5.75 Å². The first-order valence-electron chi connectivity index (χ1n) is 11.7. The molecule has 5 nitrogen and oxygen atoms in total. The van der Waals surface area contributed by atoms with E-state index in [9.17, 15) is 0 Å². The molecule has 0 fully saturated rings. The fourth-order valence-corrected chi connectivity index (χ4v) is 6.48. The van der Waals surface area contributed by atoms with Crippen molar-refractivity contribution in [2.45, 2.75) is 20.5 Å². The largest absolute Gasteiger partial charge is 0.486 e. The van der Waals surface area contributed by atoms with E-state index in [0.29, 0.717) is 6.61 Å². The van der Waals surface area contributed by atoms with E-state index in [1.807, 2.05) is 13.8 Å². The van der Waals surface area contributed by atoms with E-state index in [1.165, 1.54) is 43.1 Å². The van der Waals surface area contributed by atoms with Crippen LogP contribution in [-0.4, -0.2) is 19.9 Å². The molecule has 2 N–H and O–H groups in total. The lowest BCUT2D eigenvalue weighted by atomic mass is 9.92. The summed E-state index contributed by atoms with van der Waals surface area (Å²) in [5, 5.41) is 5.85. The molecule has 0 spiro atoms. The normalized spacial score (nSPS) is 13.0. The van der Waals surface area contributed by atoms with Crippen molar-refractivity contribution in [2.75, 3.05) is 0 Å². The number of benzene rings is 4. The molecule has 0 radical (unpaired) electrons. The highest BCUT2D eigenvalue weighted by Gasteiger charge is 2.22. The van der Waals surface area contributed by atoms with Crippen LogP contribution in [0.1, 0.15) is 17.2 Å². The smallest absolute Gasteiger partial charge is 0.155 e. The lowest BCUT2D eigenvalue weighted by Gasteiger charge is -2.22. The molecule has 1 aliphatic heterocycles. The van der Waals surface area contributed by atoms with Gasteiger partial charge in [-0.15, -0.1) is 11.3 Å². The zero-order chi connectivity index (χ0) is 23.3. The number of hydrogen-bond donors (Lipinski definition) is 2. The van der Waals surface area contributed by atoms with E-state index >= 15 is 0 Å². The second-order valence-corrected chi connectivity index (χ2v) is 10.2. The second kappa shape index (κ2) is 6.71. The number of rotatable bonds is 1. The molecule has 4 aromatic carbocycles. The Morgan fingerprint density at radius 3 is 2.51 bits per heavy atom. The molecule has 0 amide bonds. The van der Waals surface area contributed by atoms with E-state index in [2.05, 4.69) is 74.9 Å². The fraction of sp³-hybridized carbons (Fsp3) is 0.103. The van der Waals surface area contributed by atoms with Crippen LogP contribution in [0.2, 0.25) is 0 Å². The molecule has 6 heteroatoms. The Balaban J connectivity index is 1.30. The van der Waals surface area contributed by atoms with Gasteiger partial charge in [0.25, 0.3) is 0 Å². The van der Waals surface area contributed by atoms with Crippen molar-refractivity contribution in [1.29, 1.82) is 0 Å². The van der Waals surface area contributed by atoms with E-state index in [4.69, 9.17) is 9.72 Å². The first-order chi connectivity index (χ1) is 17.1. The number of ether oxygens (including phenoxy) is 1. The zero-order valence-electron chi connectivity index (χ0n) is 19.2. The van der Waals surface area contributed by atoms with Crippen LogP contribution in [0, 0.1) is 13.8 Å². The molecule has 0 unspecified atom stereocenters. The molecular formula is C29H20N4OS. The summed E-state index contributed by atoms with van der Waals surface area (Å²) in [5.41, 5.74) is 10.0. The number of imidazole rings is 2. The SMILES string of the molecule is Cc1nc2c3c(ccc2[nH]1)-c1ccc(-c2ccc4c(c2)c2sccc2c2nc(C)[nH]c42)cc1CO3. The predicted molar refractivity (Wildman–Crippen MR) is 143 cm³/mol. The Hall–Kier alpha value is -4.16. The lowest BCUT2D eigenvalue weighted by Crippen LogP contribution is -2.06. The summed E-state index contributed by atoms with van der Waals surface area (Å²) >= 11 is 1.78. The number of hydrogen-bond acceptors (Lipinski definition) is 4. The summed E-state index contributed by atoms with van der Waals surface area (Å²) in [7, 11) is 0. The Kier molecular flexibility index (Phi) is 3.67. The van der Waals surface area contributed by atoms with Gasteiger partial charge in [-0.3, -0.25) is 0 Å². The number of aryl methyl sites for hydroxylation is 2. The Bertz CT molecular complexity index is 1990. The molecule has 3 aromatic heterocycles. The number of nitrogens with one attached hydrogen (secondary N) is 2. The summed E-state index contributed by atoms with van der Waals surface area (Å²) in [6, 6.07) is 19.9. The highest BCUT2D eigenvalue weighted by molar-refractivity contribution is 7.18. The van der Waals surface area contributed by atoms with E-state index < -0.39 is 0 Å². The van der Waals surface area contributed by atoms with Gasteiger partial charge in [0.2, 0.25) is 0 Å². The standard InChI is InChI=1S/C29H20N4OS/c1-14-30-24-8-7-21-19-5-3-16(11-18(19)13-34-28(21)27(24)33-14)17-4-6-20-23(12-17)29-22(9-10-35-29)26-25(20)31-15(2)32-26/h3-12H,13H2,1-2H3,(H,30,33)(H,31,32). The van der Waals surface area contributed by atoms with Crippen molar-refractivity contribution >= 4 is 54.3 Å². The van der Waals surface area contributed by atoms with Gasteiger partial charge in [0, 0.05) is 26.4 Å². The Morgan fingerprint density at radius 1 is 0.771 bits per heavy atom. The molecule has 7 aromatic rings. The van der Waals surface area contributed by atoms with Crippen molar-refractivity contribution < 1.29 is 4.74 Å². The molecule has 0 atom stereocenters. The van der Waals surface area contributed by atoms with Crippen molar-refractivity contribution in [2.24, 2.45) is 0 Å². The van der Waals surface area contributed by atoms with Crippen LogP contribution in [0.25, 0.3) is 65.2 Å². The molecule has 8 rings (SSSR count). The average Bonchev–Trinajstić information content (AvgIpc) is 3.60. The third kappa shape index (κ3) is 2.63. The molecule has 4 heterocycles. The number of nitrogens with zero attached hydrogens (tertiary/aromatic N) is 2. The summed E-state index contributed by atoms with van der Waals surface area (Å²) in [6.07, 6.45) is 0. The maximum Gasteiger partial charge on any atom is 0.155 e. The molecule has 0 saturated heterocycles. The van der Waals surface area contributed by atoms with Crippen LogP contribution < -0.4 is 4.74 Å². The molecule has 168 valence electrons. The van der Waals surface area contributed by atoms with Crippen LogP contribution in [0.5, 0.6) is 5.75 Å². The van der Waals surface area contributed by atoms with Crippen LogP contribution in [0.15, 0.2) is 60.0 Å². The van der Waals surface area contributed by atoms with E-state index in [0.717, 1.165) is 45.0 Å². The summed E-state index contributed by atoms with van der Waals surface area (Å²) in [5.74, 6) is 2.72. The molecular weight excluding hydrogens is 452 g/mol. The predicted octanol–water partition coefficient (Wildman–Crippen LogP) is 7.65. The molecule has 0 saturated carbocycles. The third-order valence-electron chi connectivity index (χ3n) is 7.10. The number of aromatic amines is 2. The van der Waals surface area contributed by atoms with Gasteiger partial charge >= 0.3 is 0 Å². The van der Waals surface area contributed by atoms with Crippen molar-refractivity contribution in [3.8, 4) is 28.0 Å². The zero-order valence-corrected chi connectivity index (χ0v) is 20.0. The first-order valence-corrected chi connectivity index (χ1v) is 12.6. The maximum absolute atomic E-state index is 6.24. The number of thiophene rings is 1. The maximum atomic E-state index is 6.24. The third-order valence-corrected chi connectivity index (χ3v) is 8.05. The Labute approximate surface area is 204 Å². The number of aromatic nitrogens is 4. The summed E-state index contributed by atoms with van der Waals surface area (Å²) in [6.45, 7) is 4.53. The van der Waals surface area contributed by atoms with Crippen molar-refractivity contribution in [3.63, 3.8) is 0 Å². The van der Waals surface area contributed by atoms with E-state index in [1.54, 1.807) is 11.3 Å². The number of H-pyrrole nitrogens is 2. The minimum absolute atomic E-state index is 0.540. The monoisotopic (exact) mass is 472 g/mol. The topological polar surface area (TPSA) is 66.6 Å². The fourth-order valence-electron chi connectivity index (χ4n) is 5.55. The van der Waals surface area contributed by atoms with Crippen molar-refractivity contribution in [3.05, 3.63) is 77.2 Å². The quantitative estimate of drug-likeness (QED) is 0.258. The first kappa shape index (κ1) is 19.2. The van der Waals surface area contributed by atoms with Crippen LogP contribution in [-0.2, 0) is 6.61 Å². The molecule has 1 aliphatic rings. The molecule has 0 bridgehead atoms. The minimum atomic E-state index is 0.540. The van der Waals surface area contributed by atoms with Gasteiger partial charge in [-0.05, 0) is 71.8 Å². The highest BCUT2D eigenvalue weighted by atomic mass is 32.1. The average molecular weight is 473 g/mol. The Morgan fingerprint density at radius 2 is 1.57 bits per heavy atom. The highest BCUT2D eigenvalue weighted by Crippen LogP contribution is 2.43. The minimum Gasteiger partial charge on any atom is -0.486 e. The summed E-state index contributed by atoms with van der Waals surface area (Å²) < 4.78 is 7.53. The van der Waals surface area contributed by atoms with Crippen LogP contribution in [0.4, 0.5) is 0 Å². The molecule has 0 aliphatic carbocycles. The van der Waals surface area contributed by atoms with Gasteiger partial charge in [-0.2, -0.15) is 0 Å². The van der Waals surface area contributed by atoms with Gasteiger partial charge in [0.1, 0.15) is 23.8 Å². The number of fused-ring (bicyclic) bond motifs is 11. The second-order valence-electron chi connectivity index (χ2n) is 9.29.